The number of hydrogen-bond donors (Lipinski definition) is 0. The molecule has 1 aliphatic carbocycles. The number of benzene rings is 2. The minimum atomic E-state index is -0.407. The van der Waals surface area contributed by atoms with Gasteiger partial charge in [-0.05, 0) is 34.6 Å². The van der Waals surface area contributed by atoms with Crippen molar-refractivity contribution in [2.24, 2.45) is 0 Å². The van der Waals surface area contributed by atoms with E-state index in [9.17, 15) is 4.79 Å². The van der Waals surface area contributed by atoms with Crippen LogP contribution in [0.4, 0.5) is 0 Å². The van der Waals surface area contributed by atoms with E-state index < -0.39 is 5.97 Å². The SMILES string of the molecule is COC(=O)c1sc2ncc3c(c2c1-n1cc(-c2ccccc2)nn1)-c1ccccc1C(C)C3. The molecule has 1 aliphatic rings. The minimum absolute atomic E-state index is 0.395. The van der Waals surface area contributed by atoms with Gasteiger partial charge in [0, 0.05) is 17.1 Å². The van der Waals surface area contributed by atoms with Crippen molar-refractivity contribution in [3.63, 3.8) is 0 Å². The Morgan fingerprint density at radius 3 is 2.73 bits per heavy atom. The van der Waals surface area contributed by atoms with Gasteiger partial charge in [-0.2, -0.15) is 0 Å². The summed E-state index contributed by atoms with van der Waals surface area (Å²) in [7, 11) is 1.40. The van der Waals surface area contributed by atoms with E-state index in [1.54, 1.807) is 4.68 Å². The molecule has 0 spiro atoms. The van der Waals surface area contributed by atoms with Crippen molar-refractivity contribution in [1.29, 1.82) is 0 Å². The molecule has 7 heteroatoms. The maximum absolute atomic E-state index is 12.8. The molecule has 6 rings (SSSR count). The average molecular weight is 453 g/mol. The van der Waals surface area contributed by atoms with Gasteiger partial charge in [0.05, 0.1) is 13.3 Å². The molecule has 5 aromatic rings. The standard InChI is InChI=1S/C26H20N4O2S/c1-15-12-17-13-27-25-22(21(17)19-11-7-6-10-18(15)19)23(24(33-25)26(31)32-2)30-14-20(28-29-30)16-8-4-3-5-9-16/h3-11,13-15H,12H2,1-2H3. The summed E-state index contributed by atoms with van der Waals surface area (Å²) in [6, 6.07) is 18.3. The molecular formula is C26H20N4O2S. The summed E-state index contributed by atoms with van der Waals surface area (Å²) in [5.41, 5.74) is 7.14. The second-order valence-electron chi connectivity index (χ2n) is 8.22. The van der Waals surface area contributed by atoms with Gasteiger partial charge in [-0.25, -0.2) is 14.5 Å². The number of nitrogens with zero attached hydrogens (tertiary/aromatic N) is 4. The number of aromatic nitrogens is 4. The average Bonchev–Trinajstić information content (AvgIpc) is 3.49. The highest BCUT2D eigenvalue weighted by molar-refractivity contribution is 7.21. The number of carbonyl (C=O) groups excluding carboxylic acids is 1. The van der Waals surface area contributed by atoms with E-state index >= 15 is 0 Å². The number of esters is 1. The van der Waals surface area contributed by atoms with E-state index in [0.717, 1.165) is 33.5 Å². The van der Waals surface area contributed by atoms with Gasteiger partial charge in [-0.15, -0.1) is 16.4 Å². The predicted molar refractivity (Wildman–Crippen MR) is 129 cm³/mol. The van der Waals surface area contributed by atoms with Crippen LogP contribution in [0.15, 0.2) is 67.0 Å². The number of methoxy groups -OCH3 is 1. The number of hydrogen-bond acceptors (Lipinski definition) is 6. The van der Waals surface area contributed by atoms with Crippen LogP contribution < -0.4 is 0 Å². The molecule has 0 aliphatic heterocycles. The molecule has 3 aromatic heterocycles. The van der Waals surface area contributed by atoms with Gasteiger partial charge < -0.3 is 4.74 Å². The molecule has 0 saturated heterocycles. The third-order valence-electron chi connectivity index (χ3n) is 6.22. The van der Waals surface area contributed by atoms with Gasteiger partial charge in [0.2, 0.25) is 0 Å². The van der Waals surface area contributed by atoms with Crippen molar-refractivity contribution in [2.75, 3.05) is 7.11 Å². The maximum atomic E-state index is 12.8. The first-order chi connectivity index (χ1) is 16.2. The first kappa shape index (κ1) is 19.8. The Bertz CT molecular complexity index is 1520. The molecule has 0 N–H and O–H groups in total. The predicted octanol–water partition coefficient (Wildman–Crippen LogP) is 5.66. The van der Waals surface area contributed by atoms with Crippen LogP contribution in [-0.4, -0.2) is 33.1 Å². The minimum Gasteiger partial charge on any atom is -0.465 e. The van der Waals surface area contributed by atoms with E-state index in [2.05, 4.69) is 41.5 Å². The monoisotopic (exact) mass is 452 g/mol. The number of ether oxygens (including phenoxy) is 1. The number of pyridine rings is 1. The third kappa shape index (κ3) is 3.08. The number of rotatable bonds is 3. The smallest absolute Gasteiger partial charge is 0.350 e. The molecular weight excluding hydrogens is 432 g/mol. The Morgan fingerprint density at radius 2 is 1.91 bits per heavy atom. The summed E-state index contributed by atoms with van der Waals surface area (Å²) >= 11 is 1.33. The summed E-state index contributed by atoms with van der Waals surface area (Å²) in [5.74, 6) is -0.0119. The zero-order valence-corrected chi connectivity index (χ0v) is 19.0. The number of thiophene rings is 1. The highest BCUT2D eigenvalue weighted by Crippen LogP contribution is 2.47. The lowest BCUT2D eigenvalue weighted by Gasteiger charge is -2.25. The van der Waals surface area contributed by atoms with Crippen LogP contribution >= 0.6 is 11.3 Å². The van der Waals surface area contributed by atoms with Crippen molar-refractivity contribution in [1.82, 2.24) is 20.0 Å². The van der Waals surface area contributed by atoms with Gasteiger partial charge in [0.25, 0.3) is 0 Å². The second-order valence-corrected chi connectivity index (χ2v) is 9.22. The van der Waals surface area contributed by atoms with Crippen LogP contribution in [0.2, 0.25) is 0 Å². The van der Waals surface area contributed by atoms with Crippen LogP contribution in [0.3, 0.4) is 0 Å². The fraction of sp³-hybridized carbons (Fsp3) is 0.154. The Morgan fingerprint density at radius 1 is 1.12 bits per heavy atom. The summed E-state index contributed by atoms with van der Waals surface area (Å²) < 4.78 is 6.82. The van der Waals surface area contributed by atoms with E-state index in [0.29, 0.717) is 16.5 Å². The lowest BCUT2D eigenvalue weighted by atomic mass is 9.79. The highest BCUT2D eigenvalue weighted by atomic mass is 32.1. The molecule has 0 saturated carbocycles. The van der Waals surface area contributed by atoms with Crippen molar-refractivity contribution in [3.8, 4) is 28.1 Å². The quantitative estimate of drug-likeness (QED) is 0.331. The summed E-state index contributed by atoms with van der Waals surface area (Å²) in [6.45, 7) is 2.24. The Labute approximate surface area is 194 Å². The van der Waals surface area contributed by atoms with Crippen LogP contribution in [0.1, 0.15) is 33.6 Å². The zero-order chi connectivity index (χ0) is 22.5. The molecule has 1 atom stereocenters. The molecule has 2 aromatic carbocycles. The van der Waals surface area contributed by atoms with E-state index in [1.165, 1.54) is 35.1 Å². The number of fused-ring (bicyclic) bond motifs is 5. The topological polar surface area (TPSA) is 69.9 Å². The first-order valence-corrected chi connectivity index (χ1v) is 11.6. The molecule has 0 radical (unpaired) electrons. The van der Waals surface area contributed by atoms with Crippen LogP contribution in [-0.2, 0) is 11.2 Å². The first-order valence-electron chi connectivity index (χ1n) is 10.8. The second kappa shape index (κ2) is 7.64. The summed E-state index contributed by atoms with van der Waals surface area (Å²) in [6.07, 6.45) is 4.70. The van der Waals surface area contributed by atoms with E-state index in [1.807, 2.05) is 42.7 Å². The fourth-order valence-corrected chi connectivity index (χ4v) is 5.77. The lowest BCUT2D eigenvalue weighted by Crippen LogP contribution is -2.10. The molecule has 162 valence electrons. The van der Waals surface area contributed by atoms with Crippen molar-refractivity contribution < 1.29 is 9.53 Å². The molecule has 0 bridgehead atoms. The molecule has 0 fully saturated rings. The molecule has 1 unspecified atom stereocenters. The summed E-state index contributed by atoms with van der Waals surface area (Å²) in [5, 5.41) is 9.73. The third-order valence-corrected chi connectivity index (χ3v) is 7.29. The summed E-state index contributed by atoms with van der Waals surface area (Å²) in [4.78, 5) is 18.8. The fourth-order valence-electron chi connectivity index (χ4n) is 4.71. The zero-order valence-electron chi connectivity index (χ0n) is 18.1. The Balaban J connectivity index is 1.66. The molecule has 6 nitrogen and oxygen atoms in total. The molecule has 3 heterocycles. The van der Waals surface area contributed by atoms with Gasteiger partial charge in [0.15, 0.2) is 0 Å². The van der Waals surface area contributed by atoms with E-state index in [4.69, 9.17) is 9.72 Å². The van der Waals surface area contributed by atoms with Crippen LogP contribution in [0, 0.1) is 0 Å². The normalized spacial score (nSPS) is 14.7. The van der Waals surface area contributed by atoms with Gasteiger partial charge in [0.1, 0.15) is 21.1 Å². The lowest BCUT2D eigenvalue weighted by molar-refractivity contribution is 0.0606. The Kier molecular flexibility index (Phi) is 4.58. The largest absolute Gasteiger partial charge is 0.465 e. The van der Waals surface area contributed by atoms with Gasteiger partial charge in [-0.1, -0.05) is 66.7 Å². The molecule has 0 amide bonds. The number of carbonyl (C=O) groups is 1. The van der Waals surface area contributed by atoms with Gasteiger partial charge >= 0.3 is 5.97 Å². The Hall–Kier alpha value is -3.84. The maximum Gasteiger partial charge on any atom is 0.350 e. The van der Waals surface area contributed by atoms with Crippen LogP contribution in [0.25, 0.3) is 38.3 Å². The van der Waals surface area contributed by atoms with Crippen molar-refractivity contribution >= 4 is 27.5 Å². The van der Waals surface area contributed by atoms with Crippen LogP contribution in [0.5, 0.6) is 0 Å². The van der Waals surface area contributed by atoms with Crippen molar-refractivity contribution in [2.45, 2.75) is 19.3 Å². The van der Waals surface area contributed by atoms with Gasteiger partial charge in [-0.3, -0.25) is 0 Å². The molecule has 33 heavy (non-hydrogen) atoms. The van der Waals surface area contributed by atoms with E-state index in [-0.39, 0.29) is 0 Å². The highest BCUT2D eigenvalue weighted by Gasteiger charge is 2.30. The van der Waals surface area contributed by atoms with Crippen molar-refractivity contribution in [3.05, 3.63) is 83.0 Å².